The van der Waals surface area contributed by atoms with E-state index >= 15 is 0 Å². The molecule has 0 aliphatic heterocycles. The highest BCUT2D eigenvalue weighted by Crippen LogP contribution is 1.95. The molecule has 0 atom stereocenters. The van der Waals surface area contributed by atoms with Crippen LogP contribution in [0.4, 0.5) is 4.79 Å². The summed E-state index contributed by atoms with van der Waals surface area (Å²) >= 11 is 0. The molecule has 0 fully saturated rings. The summed E-state index contributed by atoms with van der Waals surface area (Å²) in [5, 5.41) is 2.69. The van der Waals surface area contributed by atoms with Crippen molar-refractivity contribution in [1.82, 2.24) is 10.8 Å². The molecular formula is C13H32N4O3+2. The molecule has 0 rings (SSSR count). The van der Waals surface area contributed by atoms with E-state index in [4.69, 9.17) is 9.57 Å². The van der Waals surface area contributed by atoms with Crippen LogP contribution in [0.25, 0.3) is 0 Å². The molecule has 0 aliphatic rings. The zero-order chi connectivity index (χ0) is 15.6. The molecule has 120 valence electrons. The molecule has 7 nitrogen and oxygen atoms in total. The summed E-state index contributed by atoms with van der Waals surface area (Å²) in [5.74, 6) is 0. The van der Waals surface area contributed by atoms with Crippen molar-refractivity contribution >= 4 is 6.09 Å². The second kappa shape index (κ2) is 9.12. The number of amides is 1. The van der Waals surface area contributed by atoms with Crippen molar-refractivity contribution < 1.29 is 23.3 Å². The summed E-state index contributed by atoms with van der Waals surface area (Å²) in [6.45, 7) is 5.49. The van der Waals surface area contributed by atoms with Crippen LogP contribution in [-0.4, -0.2) is 83.4 Å². The number of likely N-dealkylation sites (N-methyl/N-ethyl adjacent to an activating group) is 1. The van der Waals surface area contributed by atoms with Crippen LogP contribution in [0.2, 0.25) is 0 Å². The van der Waals surface area contributed by atoms with Gasteiger partial charge in [-0.3, -0.25) is 5.32 Å². The van der Waals surface area contributed by atoms with E-state index in [1.54, 1.807) is 0 Å². The van der Waals surface area contributed by atoms with E-state index < -0.39 is 6.09 Å². The molecular weight excluding hydrogens is 260 g/mol. The minimum Gasteiger partial charge on any atom is -0.376 e. The van der Waals surface area contributed by atoms with Crippen molar-refractivity contribution in [2.75, 3.05) is 68.3 Å². The fourth-order valence-corrected chi connectivity index (χ4v) is 1.25. The van der Waals surface area contributed by atoms with Gasteiger partial charge in [-0.05, 0) is 6.42 Å². The Morgan fingerprint density at radius 1 is 1.05 bits per heavy atom. The lowest BCUT2D eigenvalue weighted by Gasteiger charge is -2.29. The van der Waals surface area contributed by atoms with Gasteiger partial charge < -0.3 is 18.5 Å². The van der Waals surface area contributed by atoms with E-state index in [0.717, 1.165) is 19.6 Å². The predicted octanol–water partition coefficient (Wildman–Crippen LogP) is 0.341. The van der Waals surface area contributed by atoms with E-state index in [1.807, 2.05) is 21.1 Å². The Hall–Kier alpha value is -0.890. The first-order valence-electron chi connectivity index (χ1n) is 7.04. The molecule has 0 radical (unpaired) electrons. The normalized spacial score (nSPS) is 12.3. The number of ether oxygens (including phenoxy) is 1. The maximum Gasteiger partial charge on any atom is 0.430 e. The van der Waals surface area contributed by atoms with Crippen LogP contribution in [0.1, 0.15) is 13.3 Å². The van der Waals surface area contributed by atoms with E-state index in [9.17, 15) is 4.79 Å². The molecule has 2 N–H and O–H groups in total. The molecule has 0 aliphatic carbocycles. The average molecular weight is 292 g/mol. The minimum atomic E-state index is -0.458. The Morgan fingerprint density at radius 2 is 1.70 bits per heavy atom. The van der Waals surface area contributed by atoms with Gasteiger partial charge in [0.05, 0.1) is 41.8 Å². The number of carbonyl (C=O) groups is 1. The highest BCUT2D eigenvalue weighted by Gasteiger charge is 2.16. The van der Waals surface area contributed by atoms with E-state index in [0.29, 0.717) is 28.9 Å². The van der Waals surface area contributed by atoms with Crippen molar-refractivity contribution in [3.63, 3.8) is 0 Å². The molecule has 0 spiro atoms. The molecule has 0 saturated heterocycles. The van der Waals surface area contributed by atoms with Crippen LogP contribution >= 0.6 is 0 Å². The summed E-state index contributed by atoms with van der Waals surface area (Å²) in [4.78, 5) is 16.4. The van der Waals surface area contributed by atoms with Gasteiger partial charge in [-0.15, -0.1) is 0 Å². The van der Waals surface area contributed by atoms with Crippen molar-refractivity contribution in [2.45, 2.75) is 13.3 Å². The first kappa shape index (κ1) is 19.1. The summed E-state index contributed by atoms with van der Waals surface area (Å²) in [7, 11) is 10.1. The molecule has 0 unspecified atom stereocenters. The van der Waals surface area contributed by atoms with Crippen molar-refractivity contribution in [2.24, 2.45) is 0 Å². The van der Waals surface area contributed by atoms with Gasteiger partial charge in [-0.2, -0.15) is 0 Å². The first-order valence-corrected chi connectivity index (χ1v) is 7.04. The number of quaternary nitrogens is 2. The van der Waals surface area contributed by atoms with Crippen molar-refractivity contribution in [3.8, 4) is 0 Å². The van der Waals surface area contributed by atoms with Gasteiger partial charge >= 0.3 is 6.09 Å². The summed E-state index contributed by atoms with van der Waals surface area (Å²) in [6.07, 6.45) is 0.571. The monoisotopic (exact) mass is 292 g/mol. The summed E-state index contributed by atoms with van der Waals surface area (Å²) in [5.41, 5.74) is 2.70. The highest BCUT2D eigenvalue weighted by atomic mass is 16.7. The topological polar surface area (TPSA) is 59.6 Å². The molecule has 0 bridgehead atoms. The number of carbonyl (C=O) groups excluding carboxylic acids is 1. The van der Waals surface area contributed by atoms with Crippen LogP contribution < -0.4 is 10.8 Å². The number of nitrogens with one attached hydrogen (secondary N) is 2. The van der Waals surface area contributed by atoms with E-state index in [2.05, 4.69) is 31.8 Å². The number of hydrogen-bond acceptors (Lipinski definition) is 4. The van der Waals surface area contributed by atoms with Crippen LogP contribution in [0.5, 0.6) is 0 Å². The van der Waals surface area contributed by atoms with Crippen molar-refractivity contribution in [1.29, 1.82) is 0 Å². The number of rotatable bonds is 10. The smallest absolute Gasteiger partial charge is 0.376 e. The van der Waals surface area contributed by atoms with Crippen molar-refractivity contribution in [3.05, 3.63) is 0 Å². The molecule has 0 aromatic carbocycles. The molecule has 0 aromatic rings. The van der Waals surface area contributed by atoms with Gasteiger partial charge in [0.1, 0.15) is 6.54 Å². The minimum absolute atomic E-state index is 0.458. The van der Waals surface area contributed by atoms with E-state index in [-0.39, 0.29) is 0 Å². The molecule has 1 amide bonds. The average Bonchev–Trinajstić information content (AvgIpc) is 2.31. The second-order valence-electron chi connectivity index (χ2n) is 6.59. The van der Waals surface area contributed by atoms with Gasteiger partial charge in [0.15, 0.2) is 13.3 Å². The third kappa shape index (κ3) is 12.2. The van der Waals surface area contributed by atoms with Crippen LogP contribution in [0.15, 0.2) is 0 Å². The standard InChI is InChI=1S/C13H31N4O3/c1-7-9-19-10-8-17(5,6)12-15-20-13(18)14-11-16(2,3)4/h15H,7-12H2,1-6H3/q+1/p+1. The molecule has 0 heterocycles. The number of nitrogens with zero attached hydrogens (tertiary/aromatic N) is 2. The predicted molar refractivity (Wildman–Crippen MR) is 78.6 cm³/mol. The summed E-state index contributed by atoms with van der Waals surface area (Å²) in [6, 6.07) is 0. The largest absolute Gasteiger partial charge is 0.430 e. The summed E-state index contributed by atoms with van der Waals surface area (Å²) < 4.78 is 6.77. The number of hydrogen-bond donors (Lipinski definition) is 2. The Balaban J connectivity index is 3.72. The number of hydroxylamine groups is 1. The first-order chi connectivity index (χ1) is 9.16. The third-order valence-corrected chi connectivity index (χ3v) is 2.54. The Morgan fingerprint density at radius 3 is 2.25 bits per heavy atom. The maximum absolute atomic E-state index is 11.4. The van der Waals surface area contributed by atoms with Gasteiger partial charge in [-0.25, -0.2) is 4.79 Å². The zero-order valence-electron chi connectivity index (χ0n) is 13.9. The van der Waals surface area contributed by atoms with Crippen LogP contribution in [0.3, 0.4) is 0 Å². The SMILES string of the molecule is CCCOCC[N+](C)(C)CNOC(=O)NC[N+](C)(C)C. The maximum atomic E-state index is 11.4. The fourth-order valence-electron chi connectivity index (χ4n) is 1.25. The van der Waals surface area contributed by atoms with Gasteiger partial charge in [0.25, 0.3) is 0 Å². The Labute approximate surface area is 123 Å². The molecule has 20 heavy (non-hydrogen) atoms. The van der Waals surface area contributed by atoms with Crippen LogP contribution in [0, 0.1) is 0 Å². The van der Waals surface area contributed by atoms with Gasteiger partial charge in [0.2, 0.25) is 0 Å². The van der Waals surface area contributed by atoms with Gasteiger partial charge in [-0.1, -0.05) is 12.4 Å². The third-order valence-electron chi connectivity index (χ3n) is 2.54. The molecule has 0 aromatic heterocycles. The highest BCUT2D eigenvalue weighted by molar-refractivity contribution is 5.66. The molecule has 7 heteroatoms. The Kier molecular flexibility index (Phi) is 8.71. The lowest BCUT2D eigenvalue weighted by Crippen LogP contribution is -2.50. The zero-order valence-corrected chi connectivity index (χ0v) is 13.9. The van der Waals surface area contributed by atoms with Crippen LogP contribution in [-0.2, 0) is 9.57 Å². The lowest BCUT2D eigenvalue weighted by molar-refractivity contribution is -0.896. The lowest BCUT2D eigenvalue weighted by atomic mass is 10.5. The Bertz CT molecular complexity index is 277. The van der Waals surface area contributed by atoms with Gasteiger partial charge in [0, 0.05) is 6.61 Å². The molecule has 0 saturated carbocycles. The fraction of sp³-hybridized carbons (Fsp3) is 0.923. The quantitative estimate of drug-likeness (QED) is 0.264. The van der Waals surface area contributed by atoms with E-state index in [1.165, 1.54) is 0 Å². The second-order valence-corrected chi connectivity index (χ2v) is 6.59.